The van der Waals surface area contributed by atoms with Crippen LogP contribution < -0.4 is 5.32 Å². The second-order valence-corrected chi connectivity index (χ2v) is 5.65. The molecule has 1 aliphatic heterocycles. The summed E-state index contributed by atoms with van der Waals surface area (Å²) in [7, 11) is 3.56. The van der Waals surface area contributed by atoms with Crippen LogP contribution in [0, 0.1) is 28.0 Å². The van der Waals surface area contributed by atoms with Crippen LogP contribution in [0.1, 0.15) is 11.5 Å². The van der Waals surface area contributed by atoms with E-state index in [0.29, 0.717) is 0 Å². The Hall–Kier alpha value is -2.50. The highest BCUT2D eigenvalue weighted by Gasteiger charge is 2.98. The molecule has 1 amide bonds. The van der Waals surface area contributed by atoms with Crippen LogP contribution in [0.15, 0.2) is 24.3 Å². The Morgan fingerprint density at radius 3 is 2.42 bits per heavy atom. The molecule has 0 bridgehead atoms. The summed E-state index contributed by atoms with van der Waals surface area (Å²) < 4.78 is 29.7. The molecular formula is C16H15FN2O5. The molecule has 0 radical (unpaired) electrons. The first-order valence-electron chi connectivity index (χ1n) is 7.10. The number of rotatable bonds is 4. The molecule has 1 saturated carbocycles. The van der Waals surface area contributed by atoms with Crippen molar-refractivity contribution in [3.05, 3.63) is 35.6 Å². The van der Waals surface area contributed by atoms with Gasteiger partial charge in [0, 0.05) is 20.1 Å². The van der Waals surface area contributed by atoms with E-state index in [9.17, 15) is 19.2 Å². The van der Waals surface area contributed by atoms with Crippen molar-refractivity contribution < 1.29 is 28.2 Å². The summed E-state index contributed by atoms with van der Waals surface area (Å²) in [6.45, 7) is 0. The highest BCUT2D eigenvalue weighted by atomic mass is 19.1. The fraction of sp³-hybridized carbons (Fsp3) is 0.438. The Labute approximate surface area is 137 Å². The highest BCUT2D eigenvalue weighted by Crippen LogP contribution is 2.81. The van der Waals surface area contributed by atoms with Gasteiger partial charge in [-0.05, 0) is 11.6 Å². The van der Waals surface area contributed by atoms with Gasteiger partial charge in [0.25, 0.3) is 5.91 Å². The molecule has 24 heavy (non-hydrogen) atoms. The minimum Gasteiger partial charge on any atom is -0.468 e. The standard InChI is InChI=1S/C16H15FN2O5/c1-22-13(21)15-11(9-6-4-5-7-10(9)17)14(15,8-18)16(23-2,24-3)19-12(15)20/h4-7,11H,1-3H3,(H,19,20)/t11-,14-,15-/m1/s1. The average molecular weight is 334 g/mol. The lowest BCUT2D eigenvalue weighted by atomic mass is 9.94. The van der Waals surface area contributed by atoms with E-state index < -0.39 is 40.4 Å². The van der Waals surface area contributed by atoms with E-state index in [2.05, 4.69) is 5.32 Å². The maximum Gasteiger partial charge on any atom is 0.324 e. The second kappa shape index (κ2) is 5.00. The molecule has 3 rings (SSSR count). The molecule has 0 spiro atoms. The number of nitrogens with zero attached hydrogens (tertiary/aromatic N) is 1. The molecule has 1 heterocycles. The number of benzene rings is 1. The lowest BCUT2D eigenvalue weighted by Crippen LogP contribution is -2.54. The van der Waals surface area contributed by atoms with Gasteiger partial charge in [-0.3, -0.25) is 9.59 Å². The largest absolute Gasteiger partial charge is 0.468 e. The topological polar surface area (TPSA) is 97.7 Å². The molecule has 0 aromatic heterocycles. The van der Waals surface area contributed by atoms with Crippen LogP contribution in [0.3, 0.4) is 0 Å². The van der Waals surface area contributed by atoms with Gasteiger partial charge in [0.2, 0.25) is 5.91 Å². The van der Waals surface area contributed by atoms with Crippen molar-refractivity contribution in [2.75, 3.05) is 21.3 Å². The number of piperidine rings is 1. The van der Waals surface area contributed by atoms with E-state index in [1.54, 1.807) is 6.07 Å². The van der Waals surface area contributed by atoms with Crippen molar-refractivity contribution in [3.63, 3.8) is 0 Å². The molecule has 7 nitrogen and oxygen atoms in total. The first kappa shape index (κ1) is 16.4. The number of methoxy groups -OCH3 is 3. The first-order chi connectivity index (χ1) is 11.4. The van der Waals surface area contributed by atoms with Crippen molar-refractivity contribution in [3.8, 4) is 6.07 Å². The summed E-state index contributed by atoms with van der Waals surface area (Å²) in [5.74, 6) is -5.36. The zero-order valence-corrected chi connectivity index (χ0v) is 13.3. The van der Waals surface area contributed by atoms with E-state index in [0.717, 1.165) is 7.11 Å². The SMILES string of the molecule is COC(=O)[C@@]12C(=O)NC(OC)(OC)[C@]1(C#N)[C@H]2c1ccccc1F. The number of hydrogen-bond donors (Lipinski definition) is 1. The zero-order chi connectivity index (χ0) is 17.8. The maximum absolute atomic E-state index is 14.3. The van der Waals surface area contributed by atoms with Crippen LogP contribution in [0.5, 0.6) is 0 Å². The molecule has 1 saturated heterocycles. The van der Waals surface area contributed by atoms with E-state index in [-0.39, 0.29) is 5.56 Å². The van der Waals surface area contributed by atoms with Crippen LogP contribution in [0.4, 0.5) is 4.39 Å². The predicted octanol–water partition coefficient (Wildman–Crippen LogP) is 0.669. The third-order valence-electron chi connectivity index (χ3n) is 5.03. The van der Waals surface area contributed by atoms with E-state index >= 15 is 0 Å². The van der Waals surface area contributed by atoms with Gasteiger partial charge in [-0.25, -0.2) is 4.39 Å². The van der Waals surface area contributed by atoms with Gasteiger partial charge in [0.15, 0.2) is 10.8 Å². The van der Waals surface area contributed by atoms with Crippen LogP contribution in [-0.4, -0.2) is 39.1 Å². The quantitative estimate of drug-likeness (QED) is 0.494. The molecule has 2 aliphatic rings. The molecule has 3 atom stereocenters. The number of fused-ring (bicyclic) bond motifs is 1. The van der Waals surface area contributed by atoms with Crippen molar-refractivity contribution in [2.45, 2.75) is 11.8 Å². The van der Waals surface area contributed by atoms with Gasteiger partial charge in [-0.2, -0.15) is 5.26 Å². The number of hydrogen-bond acceptors (Lipinski definition) is 6. The molecule has 1 aromatic rings. The first-order valence-corrected chi connectivity index (χ1v) is 7.10. The molecular weight excluding hydrogens is 319 g/mol. The summed E-state index contributed by atoms with van der Waals surface area (Å²) in [5.41, 5.74) is -3.68. The lowest BCUT2D eigenvalue weighted by Gasteiger charge is -2.32. The van der Waals surface area contributed by atoms with E-state index in [1.807, 2.05) is 6.07 Å². The van der Waals surface area contributed by atoms with Gasteiger partial charge >= 0.3 is 5.97 Å². The summed E-state index contributed by atoms with van der Waals surface area (Å²) in [6, 6.07) is 7.61. The molecule has 1 aromatic carbocycles. The fourth-order valence-corrected chi connectivity index (χ4v) is 4.02. The Bertz CT molecular complexity index is 772. The smallest absolute Gasteiger partial charge is 0.324 e. The van der Waals surface area contributed by atoms with Gasteiger partial charge in [-0.15, -0.1) is 0 Å². The summed E-state index contributed by atoms with van der Waals surface area (Å²) >= 11 is 0. The number of nitrogens with one attached hydrogen (secondary N) is 1. The average Bonchev–Trinajstić information content (AvgIpc) is 3.17. The number of carbonyl (C=O) groups is 2. The van der Waals surface area contributed by atoms with Crippen LogP contribution in [0.25, 0.3) is 0 Å². The summed E-state index contributed by atoms with van der Waals surface area (Å²) in [4.78, 5) is 25.2. The number of amides is 1. The van der Waals surface area contributed by atoms with Crippen molar-refractivity contribution >= 4 is 11.9 Å². The number of halogens is 1. The van der Waals surface area contributed by atoms with Gasteiger partial charge in [-0.1, -0.05) is 18.2 Å². The fourth-order valence-electron chi connectivity index (χ4n) is 4.02. The van der Waals surface area contributed by atoms with Crippen molar-refractivity contribution in [1.82, 2.24) is 5.32 Å². The van der Waals surface area contributed by atoms with Gasteiger partial charge < -0.3 is 19.5 Å². The molecule has 1 aliphatic carbocycles. The summed E-state index contributed by atoms with van der Waals surface area (Å²) in [6.07, 6.45) is 0. The molecule has 8 heteroatoms. The van der Waals surface area contributed by atoms with Crippen LogP contribution >= 0.6 is 0 Å². The molecule has 2 fully saturated rings. The lowest BCUT2D eigenvalue weighted by molar-refractivity contribution is -0.248. The third kappa shape index (κ3) is 1.42. The van der Waals surface area contributed by atoms with Crippen molar-refractivity contribution in [2.24, 2.45) is 10.8 Å². The normalized spacial score (nSPS) is 32.5. The monoisotopic (exact) mass is 334 g/mol. The molecule has 1 N–H and O–H groups in total. The number of ether oxygens (including phenoxy) is 3. The zero-order valence-electron chi connectivity index (χ0n) is 13.3. The highest BCUT2D eigenvalue weighted by molar-refractivity contribution is 6.13. The van der Waals surface area contributed by atoms with Gasteiger partial charge in [0.05, 0.1) is 13.2 Å². The Morgan fingerprint density at radius 2 is 1.92 bits per heavy atom. The predicted molar refractivity (Wildman–Crippen MR) is 76.5 cm³/mol. The third-order valence-corrected chi connectivity index (χ3v) is 5.03. The Morgan fingerprint density at radius 1 is 1.29 bits per heavy atom. The Balaban J connectivity index is 2.31. The molecule has 0 unspecified atom stereocenters. The van der Waals surface area contributed by atoms with Crippen molar-refractivity contribution in [1.29, 1.82) is 5.26 Å². The minimum absolute atomic E-state index is 0.0535. The second-order valence-electron chi connectivity index (χ2n) is 5.65. The van der Waals surface area contributed by atoms with Crippen LogP contribution in [-0.2, 0) is 23.8 Å². The van der Waals surface area contributed by atoms with E-state index in [1.165, 1.54) is 32.4 Å². The van der Waals surface area contributed by atoms with Crippen LogP contribution in [0.2, 0.25) is 0 Å². The Kier molecular flexibility index (Phi) is 3.41. The number of carbonyl (C=O) groups excluding carboxylic acids is 2. The summed E-state index contributed by atoms with van der Waals surface area (Å²) in [5, 5.41) is 12.3. The minimum atomic E-state index is -1.94. The maximum atomic E-state index is 14.3. The van der Waals surface area contributed by atoms with Gasteiger partial charge in [0.1, 0.15) is 5.82 Å². The molecule has 126 valence electrons. The number of esters is 1. The number of nitriles is 1. The van der Waals surface area contributed by atoms with E-state index in [4.69, 9.17) is 14.2 Å².